The van der Waals surface area contributed by atoms with Gasteiger partial charge in [-0.3, -0.25) is 0 Å². The molecule has 0 bridgehead atoms. The lowest BCUT2D eigenvalue weighted by Crippen LogP contribution is -1.98. The van der Waals surface area contributed by atoms with Crippen molar-refractivity contribution >= 4 is 34.6 Å². The van der Waals surface area contributed by atoms with Crippen molar-refractivity contribution in [2.45, 2.75) is 6.54 Å². The zero-order valence-electron chi connectivity index (χ0n) is 10.1. The summed E-state index contributed by atoms with van der Waals surface area (Å²) in [6, 6.07) is 7.13. The first kappa shape index (κ1) is 12.4. The number of nitrogens with zero attached hydrogens (tertiary/aromatic N) is 1. The molecule has 0 aliphatic heterocycles. The van der Waals surface area contributed by atoms with Crippen molar-refractivity contribution in [1.82, 2.24) is 9.55 Å². The van der Waals surface area contributed by atoms with Gasteiger partial charge in [-0.1, -0.05) is 6.07 Å². The molecule has 0 radical (unpaired) electrons. The standard InChI is InChI=1S/C13H11FN2OS2/c1-17-12-6-11-10(5-9(12)14)15-13(18)16(11)7-8-3-2-4-19-8/h2-6H,7H2,1H3,(H,15,18). The zero-order valence-corrected chi connectivity index (χ0v) is 11.8. The van der Waals surface area contributed by atoms with Gasteiger partial charge in [-0.25, -0.2) is 4.39 Å². The number of hydrogen-bond acceptors (Lipinski definition) is 3. The predicted octanol–water partition coefficient (Wildman–Crippen LogP) is 3.96. The van der Waals surface area contributed by atoms with Gasteiger partial charge in [-0.2, -0.15) is 0 Å². The van der Waals surface area contributed by atoms with E-state index in [1.807, 2.05) is 22.1 Å². The molecule has 98 valence electrons. The van der Waals surface area contributed by atoms with Gasteiger partial charge in [0.2, 0.25) is 0 Å². The summed E-state index contributed by atoms with van der Waals surface area (Å²) in [5, 5.41) is 2.02. The van der Waals surface area contributed by atoms with Crippen LogP contribution in [0.1, 0.15) is 4.88 Å². The molecule has 3 rings (SSSR count). The third kappa shape index (κ3) is 2.17. The molecule has 6 heteroatoms. The number of imidazole rings is 1. The van der Waals surface area contributed by atoms with Crippen molar-refractivity contribution in [3.63, 3.8) is 0 Å². The second-order valence-corrected chi connectivity index (χ2v) is 5.52. The van der Waals surface area contributed by atoms with Gasteiger partial charge < -0.3 is 14.3 Å². The summed E-state index contributed by atoms with van der Waals surface area (Å²) >= 11 is 6.96. The molecule has 0 unspecified atom stereocenters. The van der Waals surface area contributed by atoms with Crippen LogP contribution >= 0.6 is 23.6 Å². The maximum Gasteiger partial charge on any atom is 0.178 e. The molecule has 3 nitrogen and oxygen atoms in total. The number of nitrogens with one attached hydrogen (secondary N) is 1. The summed E-state index contributed by atoms with van der Waals surface area (Å²) in [5.41, 5.74) is 1.52. The predicted molar refractivity (Wildman–Crippen MR) is 77.1 cm³/mol. The number of rotatable bonds is 3. The molecule has 2 aromatic heterocycles. The monoisotopic (exact) mass is 294 g/mol. The number of thiophene rings is 1. The van der Waals surface area contributed by atoms with Gasteiger partial charge in [-0.15, -0.1) is 11.3 Å². The third-order valence-corrected chi connectivity index (χ3v) is 4.13. The maximum absolute atomic E-state index is 13.7. The van der Waals surface area contributed by atoms with Crippen LogP contribution in [0, 0.1) is 10.6 Å². The van der Waals surface area contributed by atoms with E-state index in [-0.39, 0.29) is 5.75 Å². The SMILES string of the molecule is COc1cc2c(cc1F)[nH]c(=S)n2Cc1cccs1. The van der Waals surface area contributed by atoms with Crippen LogP contribution in [0.3, 0.4) is 0 Å². The van der Waals surface area contributed by atoms with E-state index in [9.17, 15) is 4.39 Å². The van der Waals surface area contributed by atoms with Crippen LogP contribution in [0.2, 0.25) is 0 Å². The van der Waals surface area contributed by atoms with Crippen LogP contribution in [-0.2, 0) is 6.54 Å². The molecule has 0 saturated carbocycles. The number of aromatic nitrogens is 2. The maximum atomic E-state index is 13.7. The number of H-pyrrole nitrogens is 1. The Labute approximate surface area is 118 Å². The van der Waals surface area contributed by atoms with Crippen molar-refractivity contribution in [1.29, 1.82) is 0 Å². The van der Waals surface area contributed by atoms with Crippen LogP contribution < -0.4 is 4.74 Å². The Morgan fingerprint density at radius 3 is 3.00 bits per heavy atom. The van der Waals surface area contributed by atoms with E-state index < -0.39 is 5.82 Å². The van der Waals surface area contributed by atoms with E-state index in [4.69, 9.17) is 17.0 Å². The minimum atomic E-state index is -0.394. The summed E-state index contributed by atoms with van der Waals surface area (Å²) in [7, 11) is 1.45. The molecule has 0 aliphatic carbocycles. The quantitative estimate of drug-likeness (QED) is 0.741. The average Bonchev–Trinajstić information content (AvgIpc) is 2.98. The molecule has 0 spiro atoms. The minimum absolute atomic E-state index is 0.224. The van der Waals surface area contributed by atoms with Gasteiger partial charge in [0.05, 0.1) is 24.7 Å². The first-order valence-corrected chi connectivity index (χ1v) is 6.96. The molecule has 0 aliphatic rings. The Bertz CT molecular complexity index is 774. The Morgan fingerprint density at radius 2 is 2.32 bits per heavy atom. The van der Waals surface area contributed by atoms with Crippen LogP contribution in [0.5, 0.6) is 5.75 Å². The molecule has 0 saturated heterocycles. The van der Waals surface area contributed by atoms with Gasteiger partial charge in [0.15, 0.2) is 16.3 Å². The lowest BCUT2D eigenvalue weighted by atomic mass is 10.3. The molecular formula is C13H11FN2OS2. The molecule has 0 fully saturated rings. The summed E-state index contributed by atoms with van der Waals surface area (Å²) < 4.78 is 21.2. The van der Waals surface area contributed by atoms with Gasteiger partial charge in [0.1, 0.15) is 0 Å². The first-order chi connectivity index (χ1) is 9.19. The summed E-state index contributed by atoms with van der Waals surface area (Å²) in [6.45, 7) is 0.672. The van der Waals surface area contributed by atoms with E-state index in [0.717, 1.165) is 5.52 Å². The molecule has 19 heavy (non-hydrogen) atoms. The fourth-order valence-electron chi connectivity index (χ4n) is 2.03. The van der Waals surface area contributed by atoms with E-state index >= 15 is 0 Å². The second kappa shape index (κ2) is 4.79. The molecule has 2 heterocycles. The smallest absolute Gasteiger partial charge is 0.178 e. The number of methoxy groups -OCH3 is 1. The number of ether oxygens (including phenoxy) is 1. The van der Waals surface area contributed by atoms with Gasteiger partial charge in [-0.05, 0) is 23.7 Å². The number of fused-ring (bicyclic) bond motifs is 1. The Morgan fingerprint density at radius 1 is 1.47 bits per heavy atom. The van der Waals surface area contributed by atoms with Crippen molar-refractivity contribution in [2.75, 3.05) is 7.11 Å². The second-order valence-electron chi connectivity index (χ2n) is 4.10. The zero-order chi connectivity index (χ0) is 13.4. The van der Waals surface area contributed by atoms with Gasteiger partial charge >= 0.3 is 0 Å². The van der Waals surface area contributed by atoms with Crippen LogP contribution in [0.25, 0.3) is 11.0 Å². The molecule has 3 aromatic rings. The summed E-state index contributed by atoms with van der Waals surface area (Å²) in [4.78, 5) is 4.21. The van der Waals surface area contributed by atoms with Crippen molar-refractivity contribution in [2.24, 2.45) is 0 Å². The van der Waals surface area contributed by atoms with Crippen LogP contribution in [0.4, 0.5) is 4.39 Å². The van der Waals surface area contributed by atoms with Gasteiger partial charge in [0.25, 0.3) is 0 Å². The first-order valence-electron chi connectivity index (χ1n) is 5.67. The largest absolute Gasteiger partial charge is 0.494 e. The number of aromatic amines is 1. The normalized spacial score (nSPS) is 11.1. The third-order valence-electron chi connectivity index (χ3n) is 2.94. The van der Waals surface area contributed by atoms with Crippen molar-refractivity contribution in [3.05, 3.63) is 45.1 Å². The molecule has 0 amide bonds. The van der Waals surface area contributed by atoms with Crippen LogP contribution in [0.15, 0.2) is 29.6 Å². The molecular weight excluding hydrogens is 283 g/mol. The van der Waals surface area contributed by atoms with E-state index in [1.165, 1.54) is 18.1 Å². The molecule has 1 N–H and O–H groups in total. The highest BCUT2D eigenvalue weighted by atomic mass is 32.1. The van der Waals surface area contributed by atoms with E-state index in [1.54, 1.807) is 17.4 Å². The fourth-order valence-corrected chi connectivity index (χ4v) is 3.00. The average molecular weight is 294 g/mol. The Balaban J connectivity index is 2.18. The number of halogens is 1. The lowest BCUT2D eigenvalue weighted by molar-refractivity contribution is 0.387. The molecule has 0 atom stereocenters. The highest BCUT2D eigenvalue weighted by molar-refractivity contribution is 7.71. The Hall–Kier alpha value is -1.66. The summed E-state index contributed by atoms with van der Waals surface area (Å²) in [5.74, 6) is -0.170. The number of benzene rings is 1. The molecule has 1 aromatic carbocycles. The van der Waals surface area contributed by atoms with Crippen molar-refractivity contribution in [3.8, 4) is 5.75 Å². The summed E-state index contributed by atoms with van der Waals surface area (Å²) in [6.07, 6.45) is 0. The Kier molecular flexibility index (Phi) is 3.12. The topological polar surface area (TPSA) is 29.9 Å². The van der Waals surface area contributed by atoms with Crippen LogP contribution in [-0.4, -0.2) is 16.7 Å². The number of hydrogen-bond donors (Lipinski definition) is 1. The lowest BCUT2D eigenvalue weighted by Gasteiger charge is -2.05. The minimum Gasteiger partial charge on any atom is -0.494 e. The fraction of sp³-hybridized carbons (Fsp3) is 0.154. The van der Waals surface area contributed by atoms with E-state index in [0.29, 0.717) is 16.8 Å². The highest BCUT2D eigenvalue weighted by Gasteiger charge is 2.11. The van der Waals surface area contributed by atoms with Crippen molar-refractivity contribution < 1.29 is 9.13 Å². The highest BCUT2D eigenvalue weighted by Crippen LogP contribution is 2.25. The van der Waals surface area contributed by atoms with Gasteiger partial charge in [0, 0.05) is 17.0 Å². The van der Waals surface area contributed by atoms with E-state index in [2.05, 4.69) is 4.98 Å².